The maximum atomic E-state index is 11.2. The minimum atomic E-state index is -4.28. The maximum absolute atomic E-state index is 11.2. The van der Waals surface area contributed by atoms with Gasteiger partial charge in [-0.3, -0.25) is 5.32 Å². The van der Waals surface area contributed by atoms with E-state index < -0.39 is 18.9 Å². The summed E-state index contributed by atoms with van der Waals surface area (Å²) in [5.41, 5.74) is 0. The molecule has 0 fully saturated rings. The molecule has 0 saturated heterocycles. The fourth-order valence-corrected chi connectivity index (χ4v) is 0.234. The zero-order valence-corrected chi connectivity index (χ0v) is 4.57. The third kappa shape index (κ3) is 7.71. The second-order valence-corrected chi connectivity index (χ2v) is 1.51. The Morgan fingerprint density at radius 1 is 1.56 bits per heavy atom. The molecular formula is C4H7F3NO. The fourth-order valence-electron chi connectivity index (χ4n) is 0.234. The van der Waals surface area contributed by atoms with Gasteiger partial charge in [-0.25, -0.2) is 0 Å². The van der Waals surface area contributed by atoms with E-state index in [1.165, 1.54) is 0 Å². The highest BCUT2D eigenvalue weighted by Gasteiger charge is 2.26. The van der Waals surface area contributed by atoms with E-state index in [1.54, 1.807) is 5.32 Å². The molecule has 0 aliphatic rings. The number of alkyl halides is 3. The summed E-state index contributed by atoms with van der Waals surface area (Å²) in [6.45, 7) is 1.68. The molecule has 1 radical (unpaired) electrons. The van der Waals surface area contributed by atoms with Crippen LogP contribution in [0.1, 0.15) is 0 Å². The quantitative estimate of drug-likeness (QED) is 0.543. The van der Waals surface area contributed by atoms with Crippen molar-refractivity contribution in [3.63, 3.8) is 0 Å². The monoisotopic (exact) mass is 142 g/mol. The minimum Gasteiger partial charge on any atom is -0.379 e. The van der Waals surface area contributed by atoms with Gasteiger partial charge in [-0.1, -0.05) is 0 Å². The molecule has 5 heteroatoms. The van der Waals surface area contributed by atoms with Crippen LogP contribution >= 0.6 is 0 Å². The van der Waals surface area contributed by atoms with E-state index in [1.807, 2.05) is 0 Å². The number of nitrogens with one attached hydrogen (secondary N) is 1. The van der Waals surface area contributed by atoms with E-state index in [0.717, 1.165) is 0 Å². The Labute approximate surface area is 50.7 Å². The molecule has 0 aromatic heterocycles. The second kappa shape index (κ2) is 3.03. The van der Waals surface area contributed by atoms with Crippen molar-refractivity contribution >= 4 is 0 Å². The summed E-state index contributed by atoms with van der Waals surface area (Å²) in [6, 6.07) is 0. The van der Waals surface area contributed by atoms with Gasteiger partial charge in [-0.2, -0.15) is 13.2 Å². The van der Waals surface area contributed by atoms with Gasteiger partial charge >= 0.3 is 6.18 Å². The van der Waals surface area contributed by atoms with Crippen LogP contribution < -0.4 is 5.32 Å². The predicted octanol–water partition coefficient (Wildman–Crippen LogP) is 0.291. The number of aliphatic hydroxyl groups excluding tert-OH is 1. The van der Waals surface area contributed by atoms with E-state index in [2.05, 4.69) is 6.92 Å². The van der Waals surface area contributed by atoms with E-state index in [4.69, 9.17) is 5.11 Å². The fraction of sp³-hybridized carbons (Fsp3) is 0.750. The first-order valence-electron chi connectivity index (χ1n) is 2.23. The van der Waals surface area contributed by atoms with Crippen molar-refractivity contribution in [3.05, 3.63) is 6.92 Å². The summed E-state index contributed by atoms with van der Waals surface area (Å²) >= 11 is 0. The Morgan fingerprint density at radius 2 is 2.00 bits per heavy atom. The van der Waals surface area contributed by atoms with Gasteiger partial charge in [0, 0.05) is 0 Å². The summed E-state index contributed by atoms with van der Waals surface area (Å²) in [6.07, 6.45) is -5.63. The molecule has 55 valence electrons. The lowest BCUT2D eigenvalue weighted by Crippen LogP contribution is -2.35. The molecule has 0 aromatic carbocycles. The average Bonchev–Trinajstić information content (AvgIpc) is 1.59. The van der Waals surface area contributed by atoms with Crippen molar-refractivity contribution in [2.75, 3.05) is 6.54 Å². The Bertz CT molecular complexity index is 80.4. The lowest BCUT2D eigenvalue weighted by Gasteiger charge is -2.09. The number of halogens is 3. The minimum absolute atomic E-state index is 1.21. The van der Waals surface area contributed by atoms with Crippen LogP contribution in [0, 0.1) is 6.92 Å². The van der Waals surface area contributed by atoms with E-state index >= 15 is 0 Å². The number of rotatable bonds is 2. The Balaban J connectivity index is 3.28. The van der Waals surface area contributed by atoms with Crippen molar-refractivity contribution in [3.8, 4) is 0 Å². The van der Waals surface area contributed by atoms with Crippen LogP contribution in [0.5, 0.6) is 0 Å². The second-order valence-electron chi connectivity index (χ2n) is 1.51. The highest BCUT2D eigenvalue weighted by atomic mass is 19.4. The van der Waals surface area contributed by atoms with Gasteiger partial charge < -0.3 is 5.11 Å². The molecule has 0 spiro atoms. The molecular weight excluding hydrogens is 135 g/mol. The molecule has 0 aromatic rings. The molecule has 0 amide bonds. The van der Waals surface area contributed by atoms with E-state index in [0.29, 0.717) is 0 Å². The summed E-state index contributed by atoms with van der Waals surface area (Å²) < 4.78 is 33.6. The van der Waals surface area contributed by atoms with Crippen LogP contribution in [0.15, 0.2) is 0 Å². The SMILES string of the molecule is [CH2]C(O)NCC(F)(F)F. The first-order valence-corrected chi connectivity index (χ1v) is 2.23. The normalized spacial score (nSPS) is 15.7. The molecule has 0 heterocycles. The number of hydrogen-bond donors (Lipinski definition) is 2. The summed E-state index contributed by atoms with van der Waals surface area (Å²) in [5, 5.41) is 9.90. The standard InChI is InChI=1S/C4H7F3NO/c1-3(9)8-2-4(5,6)7/h3,8-9H,1-2H2. The van der Waals surface area contributed by atoms with E-state index in [-0.39, 0.29) is 0 Å². The molecule has 0 rings (SSSR count). The van der Waals surface area contributed by atoms with Crippen LogP contribution in [0.4, 0.5) is 13.2 Å². The summed E-state index contributed by atoms with van der Waals surface area (Å²) in [7, 11) is 0. The largest absolute Gasteiger partial charge is 0.401 e. The summed E-state index contributed by atoms with van der Waals surface area (Å²) in [5.74, 6) is 0. The molecule has 2 N–H and O–H groups in total. The molecule has 0 bridgehead atoms. The Kier molecular flexibility index (Phi) is 2.93. The first-order chi connectivity index (χ1) is 3.92. The Hall–Kier alpha value is -0.290. The zero-order chi connectivity index (χ0) is 7.49. The van der Waals surface area contributed by atoms with Gasteiger partial charge in [0.25, 0.3) is 0 Å². The van der Waals surface area contributed by atoms with Crippen molar-refractivity contribution in [2.45, 2.75) is 12.4 Å². The highest BCUT2D eigenvalue weighted by Crippen LogP contribution is 2.11. The van der Waals surface area contributed by atoms with Crippen LogP contribution in [-0.4, -0.2) is 24.1 Å². The maximum Gasteiger partial charge on any atom is 0.401 e. The molecule has 9 heavy (non-hydrogen) atoms. The molecule has 0 aliphatic carbocycles. The molecule has 1 atom stereocenters. The van der Waals surface area contributed by atoms with Gasteiger partial charge in [0.05, 0.1) is 6.54 Å². The molecule has 2 nitrogen and oxygen atoms in total. The average molecular weight is 142 g/mol. The smallest absolute Gasteiger partial charge is 0.379 e. The predicted molar refractivity (Wildman–Crippen MR) is 25.4 cm³/mol. The van der Waals surface area contributed by atoms with Crippen molar-refractivity contribution < 1.29 is 18.3 Å². The van der Waals surface area contributed by atoms with E-state index in [9.17, 15) is 13.2 Å². The molecule has 0 saturated carbocycles. The van der Waals surface area contributed by atoms with Crippen LogP contribution in [0.3, 0.4) is 0 Å². The van der Waals surface area contributed by atoms with Crippen molar-refractivity contribution in [2.24, 2.45) is 0 Å². The number of hydrogen-bond acceptors (Lipinski definition) is 2. The van der Waals surface area contributed by atoms with Gasteiger partial charge in [0.2, 0.25) is 0 Å². The van der Waals surface area contributed by atoms with Crippen LogP contribution in [0.25, 0.3) is 0 Å². The third-order valence-electron chi connectivity index (χ3n) is 0.538. The third-order valence-corrected chi connectivity index (χ3v) is 0.538. The van der Waals surface area contributed by atoms with Crippen LogP contribution in [0.2, 0.25) is 0 Å². The highest BCUT2D eigenvalue weighted by molar-refractivity contribution is 4.59. The lowest BCUT2D eigenvalue weighted by molar-refractivity contribution is -0.129. The van der Waals surface area contributed by atoms with Gasteiger partial charge in [-0.05, 0) is 6.92 Å². The topological polar surface area (TPSA) is 32.3 Å². The number of aliphatic hydroxyl groups is 1. The zero-order valence-electron chi connectivity index (χ0n) is 4.57. The van der Waals surface area contributed by atoms with Gasteiger partial charge in [-0.15, -0.1) is 0 Å². The Morgan fingerprint density at radius 3 is 2.11 bits per heavy atom. The van der Waals surface area contributed by atoms with Crippen molar-refractivity contribution in [1.29, 1.82) is 0 Å². The molecule has 1 unspecified atom stereocenters. The first kappa shape index (κ1) is 8.71. The van der Waals surface area contributed by atoms with Gasteiger partial charge in [0.15, 0.2) is 0 Å². The van der Waals surface area contributed by atoms with Gasteiger partial charge in [0.1, 0.15) is 6.23 Å². The lowest BCUT2D eigenvalue weighted by atomic mass is 10.5. The van der Waals surface area contributed by atoms with Crippen molar-refractivity contribution in [1.82, 2.24) is 5.32 Å². The molecule has 0 aliphatic heterocycles. The summed E-state index contributed by atoms with van der Waals surface area (Å²) in [4.78, 5) is 0. The van der Waals surface area contributed by atoms with Crippen LogP contribution in [-0.2, 0) is 0 Å².